The van der Waals surface area contributed by atoms with E-state index >= 15 is 0 Å². The summed E-state index contributed by atoms with van der Waals surface area (Å²) in [6.07, 6.45) is 2.65. The molecule has 1 fully saturated rings. The monoisotopic (exact) mass is 462 g/mol. The third kappa shape index (κ3) is 4.68. The van der Waals surface area contributed by atoms with E-state index in [-0.39, 0.29) is 42.5 Å². The van der Waals surface area contributed by atoms with Crippen LogP contribution in [0.25, 0.3) is 11.2 Å². The van der Waals surface area contributed by atoms with Crippen molar-refractivity contribution in [3.8, 4) is 11.8 Å². The lowest BCUT2D eigenvalue weighted by molar-refractivity contribution is -0.119. The van der Waals surface area contributed by atoms with Crippen molar-refractivity contribution in [3.05, 3.63) is 56.7 Å². The molecule has 1 saturated heterocycles. The van der Waals surface area contributed by atoms with Gasteiger partial charge in [-0.2, -0.15) is 4.98 Å². The minimum Gasteiger partial charge on any atom is -0.341 e. The number of carbonyl (C=O) groups is 1. The van der Waals surface area contributed by atoms with Gasteiger partial charge in [0.25, 0.3) is 5.56 Å². The second kappa shape index (κ2) is 10.1. The van der Waals surface area contributed by atoms with E-state index in [0.717, 1.165) is 29.5 Å². The molecule has 9 nitrogen and oxygen atoms in total. The number of Topliss-reactive ketones (excluding diaryl/α,β-unsaturated/α-hetero) is 1. The molecule has 3 aromatic rings. The zero-order valence-electron chi connectivity index (χ0n) is 19.7. The fourth-order valence-corrected chi connectivity index (χ4v) is 4.42. The number of ketones is 1. The van der Waals surface area contributed by atoms with Crippen LogP contribution in [0.1, 0.15) is 31.7 Å². The summed E-state index contributed by atoms with van der Waals surface area (Å²) >= 11 is 0. The van der Waals surface area contributed by atoms with Crippen molar-refractivity contribution >= 4 is 22.9 Å². The summed E-state index contributed by atoms with van der Waals surface area (Å²) < 4.78 is 4.10. The van der Waals surface area contributed by atoms with Gasteiger partial charge in [0.05, 0.1) is 13.1 Å². The second-order valence-electron chi connectivity index (χ2n) is 8.70. The van der Waals surface area contributed by atoms with Crippen LogP contribution < -0.4 is 21.9 Å². The Morgan fingerprint density at radius 2 is 1.97 bits per heavy atom. The summed E-state index contributed by atoms with van der Waals surface area (Å²) in [7, 11) is 1.57. The Morgan fingerprint density at radius 3 is 2.68 bits per heavy atom. The lowest BCUT2D eigenvalue weighted by Gasteiger charge is -2.31. The molecule has 1 aromatic carbocycles. The normalized spacial score (nSPS) is 15.9. The highest BCUT2D eigenvalue weighted by atomic mass is 16.2. The van der Waals surface area contributed by atoms with E-state index in [1.807, 2.05) is 35.2 Å². The van der Waals surface area contributed by atoms with E-state index in [9.17, 15) is 14.4 Å². The fourth-order valence-electron chi connectivity index (χ4n) is 4.42. The maximum absolute atomic E-state index is 13.5. The number of fused-ring (bicyclic) bond motifs is 1. The highest BCUT2D eigenvalue weighted by Gasteiger charge is 2.26. The number of aryl methyl sites for hydroxylation is 2. The van der Waals surface area contributed by atoms with Crippen molar-refractivity contribution in [3.63, 3.8) is 0 Å². The summed E-state index contributed by atoms with van der Waals surface area (Å²) in [6.45, 7) is 3.08. The van der Waals surface area contributed by atoms with Gasteiger partial charge in [-0.3, -0.25) is 23.3 Å². The molecule has 0 saturated carbocycles. The molecule has 0 spiro atoms. The molecule has 0 radical (unpaired) electrons. The van der Waals surface area contributed by atoms with Gasteiger partial charge in [-0.1, -0.05) is 36.3 Å². The predicted molar refractivity (Wildman–Crippen MR) is 132 cm³/mol. The van der Waals surface area contributed by atoms with Gasteiger partial charge in [-0.15, -0.1) is 5.92 Å². The Bertz CT molecular complexity index is 1370. The van der Waals surface area contributed by atoms with E-state index in [4.69, 9.17) is 5.73 Å². The van der Waals surface area contributed by atoms with E-state index in [1.165, 1.54) is 4.57 Å². The molecule has 3 heterocycles. The molecule has 2 N–H and O–H groups in total. The smallest absolute Gasteiger partial charge is 0.332 e. The largest absolute Gasteiger partial charge is 0.341 e. The zero-order valence-corrected chi connectivity index (χ0v) is 19.7. The fraction of sp³-hybridized carbons (Fsp3) is 0.440. The van der Waals surface area contributed by atoms with E-state index < -0.39 is 11.2 Å². The van der Waals surface area contributed by atoms with Gasteiger partial charge in [0.15, 0.2) is 16.9 Å². The number of benzene rings is 1. The summed E-state index contributed by atoms with van der Waals surface area (Å²) in [5.41, 5.74) is 6.69. The van der Waals surface area contributed by atoms with Crippen LogP contribution in [0.2, 0.25) is 0 Å². The number of hydrogen-bond donors (Lipinski definition) is 1. The SMILES string of the molecule is CC#CCn1c(N2CCC[C@@H](N)C2)nc2c1c(=O)n(CC(=O)CCc1ccccc1)c(=O)n2C. The summed E-state index contributed by atoms with van der Waals surface area (Å²) in [6, 6.07) is 9.67. The predicted octanol–water partition coefficient (Wildman–Crippen LogP) is 1.05. The van der Waals surface area contributed by atoms with Crippen molar-refractivity contribution in [1.82, 2.24) is 18.7 Å². The summed E-state index contributed by atoms with van der Waals surface area (Å²) in [5, 5.41) is 0. The number of hydrogen-bond acceptors (Lipinski definition) is 6. The third-order valence-electron chi connectivity index (χ3n) is 6.24. The average Bonchev–Trinajstić information content (AvgIpc) is 3.23. The third-order valence-corrected chi connectivity index (χ3v) is 6.24. The van der Waals surface area contributed by atoms with Gasteiger partial charge in [-0.25, -0.2) is 4.79 Å². The molecule has 0 aliphatic carbocycles. The van der Waals surface area contributed by atoms with Gasteiger partial charge in [-0.05, 0) is 31.7 Å². The van der Waals surface area contributed by atoms with E-state index in [2.05, 4.69) is 16.8 Å². The first-order valence-electron chi connectivity index (χ1n) is 11.6. The van der Waals surface area contributed by atoms with Crippen LogP contribution in [0.4, 0.5) is 5.95 Å². The second-order valence-corrected chi connectivity index (χ2v) is 8.70. The topological polar surface area (TPSA) is 108 Å². The Hall–Kier alpha value is -3.64. The number of nitrogens with zero attached hydrogens (tertiary/aromatic N) is 5. The molecule has 0 unspecified atom stereocenters. The molecule has 1 aliphatic heterocycles. The number of nitrogens with two attached hydrogens (primary N) is 1. The molecule has 178 valence electrons. The Morgan fingerprint density at radius 1 is 1.21 bits per heavy atom. The first kappa shape index (κ1) is 23.5. The van der Waals surface area contributed by atoms with E-state index in [1.54, 1.807) is 18.5 Å². The minimum atomic E-state index is -0.557. The summed E-state index contributed by atoms with van der Waals surface area (Å²) in [4.78, 5) is 46.0. The number of carbonyl (C=O) groups excluding carboxylic acids is 1. The van der Waals surface area contributed by atoms with Gasteiger partial charge >= 0.3 is 5.69 Å². The average molecular weight is 463 g/mol. The van der Waals surface area contributed by atoms with Gasteiger partial charge < -0.3 is 10.6 Å². The van der Waals surface area contributed by atoms with Crippen LogP contribution >= 0.6 is 0 Å². The lowest BCUT2D eigenvalue weighted by Crippen LogP contribution is -2.44. The highest BCUT2D eigenvalue weighted by molar-refractivity contribution is 5.79. The molecule has 9 heteroatoms. The Kier molecular flexibility index (Phi) is 6.98. The number of anilines is 1. The first-order chi connectivity index (χ1) is 16.4. The highest BCUT2D eigenvalue weighted by Crippen LogP contribution is 2.22. The van der Waals surface area contributed by atoms with Crippen molar-refractivity contribution in [2.75, 3.05) is 18.0 Å². The molecular weight excluding hydrogens is 432 g/mol. The van der Waals surface area contributed by atoms with Crippen LogP contribution in [0, 0.1) is 11.8 Å². The number of imidazole rings is 1. The standard InChI is InChI=1S/C25H30N6O3/c1-3-4-15-30-21-22(27-24(30)29-14-8-11-19(26)16-29)28(2)25(34)31(23(21)33)17-20(32)13-12-18-9-6-5-7-10-18/h5-7,9-10,19H,8,11-17,26H2,1-2H3/t19-/m1/s1. The zero-order chi connectivity index (χ0) is 24.2. The lowest BCUT2D eigenvalue weighted by atomic mass is 10.1. The van der Waals surface area contributed by atoms with Gasteiger partial charge in [0, 0.05) is 32.6 Å². The molecule has 4 rings (SSSR count). The maximum Gasteiger partial charge on any atom is 0.332 e. The summed E-state index contributed by atoms with van der Waals surface area (Å²) in [5.74, 6) is 6.27. The van der Waals surface area contributed by atoms with Crippen LogP contribution in [-0.2, 0) is 31.4 Å². The quantitative estimate of drug-likeness (QED) is 0.526. The van der Waals surface area contributed by atoms with Crippen molar-refractivity contribution in [2.24, 2.45) is 12.8 Å². The van der Waals surface area contributed by atoms with Crippen LogP contribution in [0.5, 0.6) is 0 Å². The Balaban J connectivity index is 1.73. The minimum absolute atomic E-state index is 0.0157. The van der Waals surface area contributed by atoms with Gasteiger partial charge in [0.1, 0.15) is 0 Å². The molecule has 0 amide bonds. The van der Waals surface area contributed by atoms with Crippen molar-refractivity contribution in [1.29, 1.82) is 0 Å². The van der Waals surface area contributed by atoms with Crippen LogP contribution in [0.3, 0.4) is 0 Å². The van der Waals surface area contributed by atoms with Crippen molar-refractivity contribution < 1.29 is 4.79 Å². The number of rotatable bonds is 7. The molecule has 1 atom stereocenters. The van der Waals surface area contributed by atoms with Crippen LogP contribution in [0.15, 0.2) is 39.9 Å². The van der Waals surface area contributed by atoms with Gasteiger partial charge in [0.2, 0.25) is 5.95 Å². The molecule has 0 bridgehead atoms. The number of piperidine rings is 1. The van der Waals surface area contributed by atoms with Crippen LogP contribution in [-0.4, -0.2) is 43.6 Å². The molecule has 2 aromatic heterocycles. The van der Waals surface area contributed by atoms with E-state index in [0.29, 0.717) is 18.9 Å². The first-order valence-corrected chi connectivity index (χ1v) is 11.6. The maximum atomic E-state index is 13.5. The molecule has 34 heavy (non-hydrogen) atoms. The Labute approximate surface area is 197 Å². The molecular formula is C25H30N6O3. The van der Waals surface area contributed by atoms with Crippen molar-refractivity contribution in [2.45, 2.75) is 51.7 Å². The number of aromatic nitrogens is 4. The molecule has 1 aliphatic rings.